The van der Waals surface area contributed by atoms with Gasteiger partial charge in [-0.25, -0.2) is 4.98 Å². The van der Waals surface area contributed by atoms with Gasteiger partial charge in [-0.3, -0.25) is 0 Å². The van der Waals surface area contributed by atoms with Crippen LogP contribution in [0.25, 0.3) is 0 Å². The van der Waals surface area contributed by atoms with Crippen LogP contribution in [-0.2, 0) is 6.42 Å². The van der Waals surface area contributed by atoms with Gasteiger partial charge in [0.05, 0.1) is 5.01 Å². The van der Waals surface area contributed by atoms with E-state index < -0.39 is 0 Å². The minimum atomic E-state index is 0.165. The van der Waals surface area contributed by atoms with Crippen molar-refractivity contribution in [1.82, 2.24) is 4.98 Å². The Bertz CT molecular complexity index is 252. The van der Waals surface area contributed by atoms with Crippen molar-refractivity contribution < 1.29 is 5.11 Å². The minimum Gasteiger partial charge on any atom is -0.396 e. The zero-order valence-corrected chi connectivity index (χ0v) is 8.52. The van der Waals surface area contributed by atoms with E-state index in [1.54, 1.807) is 11.3 Å². The van der Waals surface area contributed by atoms with E-state index in [4.69, 9.17) is 0 Å². The zero-order chi connectivity index (χ0) is 9.15. The number of aliphatic hydroxyl groups excluding tert-OH is 1. The quantitative estimate of drug-likeness (QED) is 0.806. The summed E-state index contributed by atoms with van der Waals surface area (Å²) in [6.45, 7) is 0.326. The fourth-order valence-electron chi connectivity index (χ4n) is 2.18. The standard InChI is InChI=1S/C10H15NOS/c12-8-10(3-1-2-4-10)7-9-11-5-6-13-9/h5-6,12H,1-4,7-8H2. The van der Waals surface area contributed by atoms with E-state index in [-0.39, 0.29) is 5.41 Å². The highest BCUT2D eigenvalue weighted by Gasteiger charge is 2.33. The predicted octanol–water partition coefficient (Wildman–Crippen LogP) is 2.24. The fraction of sp³-hybridized carbons (Fsp3) is 0.700. The van der Waals surface area contributed by atoms with Gasteiger partial charge in [-0.15, -0.1) is 11.3 Å². The summed E-state index contributed by atoms with van der Waals surface area (Å²) < 4.78 is 0. The first-order valence-electron chi connectivity index (χ1n) is 4.84. The monoisotopic (exact) mass is 197 g/mol. The van der Waals surface area contributed by atoms with Crippen LogP contribution in [-0.4, -0.2) is 16.7 Å². The molecule has 1 heterocycles. The summed E-state index contributed by atoms with van der Waals surface area (Å²) in [5.41, 5.74) is 0.165. The summed E-state index contributed by atoms with van der Waals surface area (Å²) in [6, 6.07) is 0. The van der Waals surface area contributed by atoms with Crippen LogP contribution in [0.1, 0.15) is 30.7 Å². The summed E-state index contributed by atoms with van der Waals surface area (Å²) in [7, 11) is 0. The van der Waals surface area contributed by atoms with E-state index in [1.807, 2.05) is 11.6 Å². The molecule has 2 rings (SSSR count). The zero-order valence-electron chi connectivity index (χ0n) is 7.70. The van der Waals surface area contributed by atoms with E-state index in [2.05, 4.69) is 4.98 Å². The molecular weight excluding hydrogens is 182 g/mol. The smallest absolute Gasteiger partial charge is 0.0931 e. The van der Waals surface area contributed by atoms with Crippen LogP contribution in [0.15, 0.2) is 11.6 Å². The van der Waals surface area contributed by atoms with E-state index in [1.165, 1.54) is 30.7 Å². The molecule has 0 bridgehead atoms. The highest BCUT2D eigenvalue weighted by atomic mass is 32.1. The number of hydrogen-bond acceptors (Lipinski definition) is 3. The second-order valence-electron chi connectivity index (χ2n) is 3.97. The van der Waals surface area contributed by atoms with Gasteiger partial charge in [0, 0.05) is 24.6 Å². The van der Waals surface area contributed by atoms with E-state index in [9.17, 15) is 5.11 Å². The molecule has 1 fully saturated rings. The van der Waals surface area contributed by atoms with Gasteiger partial charge in [-0.1, -0.05) is 12.8 Å². The molecule has 1 aromatic rings. The number of aromatic nitrogens is 1. The van der Waals surface area contributed by atoms with Crippen LogP contribution in [0.5, 0.6) is 0 Å². The number of rotatable bonds is 3. The predicted molar refractivity (Wildman–Crippen MR) is 53.8 cm³/mol. The molecule has 0 aromatic carbocycles. The molecule has 3 heteroatoms. The molecule has 0 amide bonds. The van der Waals surface area contributed by atoms with Crippen LogP contribution in [0.2, 0.25) is 0 Å². The molecule has 1 aromatic heterocycles. The molecule has 0 atom stereocenters. The largest absolute Gasteiger partial charge is 0.396 e. The molecule has 72 valence electrons. The third-order valence-corrected chi connectivity index (χ3v) is 3.79. The maximum atomic E-state index is 9.39. The lowest BCUT2D eigenvalue weighted by molar-refractivity contribution is 0.130. The molecule has 0 aliphatic heterocycles. The first kappa shape index (κ1) is 9.16. The molecule has 0 saturated heterocycles. The number of nitrogens with zero attached hydrogens (tertiary/aromatic N) is 1. The fourth-order valence-corrected chi connectivity index (χ4v) is 2.97. The number of aliphatic hydroxyl groups is 1. The van der Waals surface area contributed by atoms with Crippen molar-refractivity contribution in [1.29, 1.82) is 0 Å². The average molecular weight is 197 g/mol. The van der Waals surface area contributed by atoms with Crippen LogP contribution in [0.3, 0.4) is 0 Å². The van der Waals surface area contributed by atoms with E-state index in [0.29, 0.717) is 6.61 Å². The molecule has 13 heavy (non-hydrogen) atoms. The highest BCUT2D eigenvalue weighted by molar-refractivity contribution is 7.09. The molecule has 1 saturated carbocycles. The molecule has 1 N–H and O–H groups in total. The Balaban J connectivity index is 2.06. The lowest BCUT2D eigenvalue weighted by atomic mass is 9.84. The first-order valence-corrected chi connectivity index (χ1v) is 5.72. The van der Waals surface area contributed by atoms with Gasteiger partial charge in [0.25, 0.3) is 0 Å². The van der Waals surface area contributed by atoms with Crippen molar-refractivity contribution in [3.8, 4) is 0 Å². The second kappa shape index (κ2) is 3.76. The van der Waals surface area contributed by atoms with Crippen LogP contribution < -0.4 is 0 Å². The molecular formula is C10H15NOS. The van der Waals surface area contributed by atoms with Crippen LogP contribution in [0, 0.1) is 5.41 Å². The summed E-state index contributed by atoms with van der Waals surface area (Å²) >= 11 is 1.70. The average Bonchev–Trinajstić information content (AvgIpc) is 2.77. The van der Waals surface area contributed by atoms with E-state index in [0.717, 1.165) is 6.42 Å². The van der Waals surface area contributed by atoms with Crippen molar-refractivity contribution in [2.45, 2.75) is 32.1 Å². The van der Waals surface area contributed by atoms with Gasteiger partial charge in [-0.2, -0.15) is 0 Å². The highest BCUT2D eigenvalue weighted by Crippen LogP contribution is 2.40. The van der Waals surface area contributed by atoms with Crippen molar-refractivity contribution in [2.75, 3.05) is 6.61 Å². The normalized spacial score (nSPS) is 20.7. The van der Waals surface area contributed by atoms with Gasteiger partial charge in [-0.05, 0) is 18.3 Å². The maximum absolute atomic E-state index is 9.39. The second-order valence-corrected chi connectivity index (χ2v) is 4.95. The minimum absolute atomic E-state index is 0.165. The Morgan fingerprint density at radius 3 is 2.77 bits per heavy atom. The molecule has 1 aliphatic carbocycles. The molecule has 2 nitrogen and oxygen atoms in total. The third-order valence-electron chi connectivity index (χ3n) is 3.01. The van der Waals surface area contributed by atoms with Crippen LogP contribution >= 0.6 is 11.3 Å². The summed E-state index contributed by atoms with van der Waals surface area (Å²) in [4.78, 5) is 4.28. The van der Waals surface area contributed by atoms with Crippen molar-refractivity contribution in [3.63, 3.8) is 0 Å². The van der Waals surface area contributed by atoms with E-state index >= 15 is 0 Å². The summed E-state index contributed by atoms with van der Waals surface area (Å²) in [6.07, 6.45) is 7.70. The van der Waals surface area contributed by atoms with Crippen molar-refractivity contribution in [2.24, 2.45) is 5.41 Å². The Labute approximate surface area is 82.6 Å². The van der Waals surface area contributed by atoms with Crippen molar-refractivity contribution >= 4 is 11.3 Å². The lowest BCUT2D eigenvalue weighted by Gasteiger charge is -2.24. The summed E-state index contributed by atoms with van der Waals surface area (Å²) in [5, 5.41) is 12.6. The molecule has 0 spiro atoms. The SMILES string of the molecule is OCC1(Cc2nccs2)CCCC1. The molecule has 1 aliphatic rings. The first-order chi connectivity index (χ1) is 6.35. The van der Waals surface area contributed by atoms with Gasteiger partial charge < -0.3 is 5.11 Å². The number of hydrogen-bond donors (Lipinski definition) is 1. The van der Waals surface area contributed by atoms with Gasteiger partial charge in [0.2, 0.25) is 0 Å². The molecule has 0 unspecified atom stereocenters. The maximum Gasteiger partial charge on any atom is 0.0931 e. The summed E-state index contributed by atoms with van der Waals surface area (Å²) in [5.74, 6) is 0. The number of thiazole rings is 1. The lowest BCUT2D eigenvalue weighted by Crippen LogP contribution is -2.24. The van der Waals surface area contributed by atoms with Gasteiger partial charge in [0.1, 0.15) is 0 Å². The van der Waals surface area contributed by atoms with Gasteiger partial charge >= 0.3 is 0 Å². The Hall–Kier alpha value is -0.410. The Kier molecular flexibility index (Phi) is 2.65. The van der Waals surface area contributed by atoms with Crippen LogP contribution in [0.4, 0.5) is 0 Å². The topological polar surface area (TPSA) is 33.1 Å². The molecule has 0 radical (unpaired) electrons. The third kappa shape index (κ3) is 1.92. The Morgan fingerprint density at radius 1 is 1.46 bits per heavy atom. The Morgan fingerprint density at radius 2 is 2.23 bits per heavy atom. The van der Waals surface area contributed by atoms with Gasteiger partial charge in [0.15, 0.2) is 0 Å². The van der Waals surface area contributed by atoms with Crippen molar-refractivity contribution in [3.05, 3.63) is 16.6 Å².